The molecule has 0 spiro atoms. The maximum atomic E-state index is 12.3. The van der Waals surface area contributed by atoms with Gasteiger partial charge in [0, 0.05) is 31.7 Å². The second-order valence-corrected chi connectivity index (χ2v) is 5.87. The average Bonchev–Trinajstić information content (AvgIpc) is 2.58. The first kappa shape index (κ1) is 18.3. The number of carbonyl (C=O) groups excluding carboxylic acids is 2. The molecular formula is C18H27N3O3. The van der Waals surface area contributed by atoms with Crippen LogP contribution in [0.2, 0.25) is 0 Å². The van der Waals surface area contributed by atoms with Crippen molar-refractivity contribution >= 4 is 11.8 Å². The minimum atomic E-state index is -0.440. The van der Waals surface area contributed by atoms with Gasteiger partial charge in [0.15, 0.2) is 0 Å². The summed E-state index contributed by atoms with van der Waals surface area (Å²) in [6.45, 7) is 7.10. The van der Waals surface area contributed by atoms with E-state index < -0.39 is 6.04 Å². The first-order chi connectivity index (χ1) is 11.7. The van der Waals surface area contributed by atoms with Gasteiger partial charge in [0.25, 0.3) is 0 Å². The molecule has 1 heterocycles. The average molecular weight is 333 g/mol. The van der Waals surface area contributed by atoms with E-state index in [1.54, 1.807) is 0 Å². The van der Waals surface area contributed by atoms with Crippen LogP contribution in [0.4, 0.5) is 0 Å². The van der Waals surface area contributed by atoms with Crippen molar-refractivity contribution in [2.45, 2.75) is 39.3 Å². The Kier molecular flexibility index (Phi) is 7.06. The summed E-state index contributed by atoms with van der Waals surface area (Å²) < 4.78 is 5.67. The SMILES string of the molecule is CCCNC(=O)C[C@H]1C(=O)NCCN1Cc1ccccc1OCC. The van der Waals surface area contributed by atoms with Gasteiger partial charge in [0.1, 0.15) is 5.75 Å². The fraction of sp³-hybridized carbons (Fsp3) is 0.556. The Morgan fingerprint density at radius 2 is 2.17 bits per heavy atom. The predicted molar refractivity (Wildman–Crippen MR) is 92.7 cm³/mol. The molecule has 1 aliphatic heterocycles. The second kappa shape index (κ2) is 9.27. The Morgan fingerprint density at radius 1 is 1.38 bits per heavy atom. The molecule has 1 atom stereocenters. The quantitative estimate of drug-likeness (QED) is 0.752. The van der Waals surface area contributed by atoms with Gasteiger partial charge >= 0.3 is 0 Å². The maximum Gasteiger partial charge on any atom is 0.237 e. The van der Waals surface area contributed by atoms with Crippen LogP contribution >= 0.6 is 0 Å². The van der Waals surface area contributed by atoms with Crippen molar-refractivity contribution in [3.05, 3.63) is 29.8 Å². The van der Waals surface area contributed by atoms with E-state index in [0.29, 0.717) is 26.2 Å². The van der Waals surface area contributed by atoms with Crippen molar-refractivity contribution in [2.24, 2.45) is 0 Å². The van der Waals surface area contributed by atoms with Crippen molar-refractivity contribution in [2.75, 3.05) is 26.2 Å². The lowest BCUT2D eigenvalue weighted by Gasteiger charge is -2.35. The molecule has 0 unspecified atom stereocenters. The molecule has 1 saturated heterocycles. The highest BCUT2D eigenvalue weighted by molar-refractivity contribution is 5.88. The van der Waals surface area contributed by atoms with E-state index in [0.717, 1.165) is 24.3 Å². The Morgan fingerprint density at radius 3 is 2.92 bits per heavy atom. The molecule has 6 nitrogen and oxygen atoms in total. The smallest absolute Gasteiger partial charge is 0.237 e. The van der Waals surface area contributed by atoms with E-state index in [2.05, 4.69) is 15.5 Å². The van der Waals surface area contributed by atoms with Crippen LogP contribution in [0.15, 0.2) is 24.3 Å². The highest BCUT2D eigenvalue weighted by Gasteiger charge is 2.31. The first-order valence-electron chi connectivity index (χ1n) is 8.64. The number of benzene rings is 1. The number of piperazine rings is 1. The molecule has 1 aromatic rings. The van der Waals surface area contributed by atoms with Gasteiger partial charge < -0.3 is 15.4 Å². The maximum absolute atomic E-state index is 12.3. The molecule has 132 valence electrons. The highest BCUT2D eigenvalue weighted by atomic mass is 16.5. The van der Waals surface area contributed by atoms with E-state index in [9.17, 15) is 9.59 Å². The molecular weight excluding hydrogens is 306 g/mol. The van der Waals surface area contributed by atoms with Crippen LogP contribution in [0.25, 0.3) is 0 Å². The monoisotopic (exact) mass is 333 g/mol. The minimum Gasteiger partial charge on any atom is -0.494 e. The molecule has 1 aliphatic rings. The number of ether oxygens (including phenoxy) is 1. The summed E-state index contributed by atoms with van der Waals surface area (Å²) in [5, 5.41) is 5.70. The summed E-state index contributed by atoms with van der Waals surface area (Å²) in [7, 11) is 0. The van der Waals surface area contributed by atoms with Gasteiger partial charge in [0.2, 0.25) is 11.8 Å². The fourth-order valence-electron chi connectivity index (χ4n) is 2.83. The largest absolute Gasteiger partial charge is 0.494 e. The first-order valence-corrected chi connectivity index (χ1v) is 8.64. The van der Waals surface area contributed by atoms with Crippen LogP contribution in [0.5, 0.6) is 5.75 Å². The van der Waals surface area contributed by atoms with Gasteiger partial charge in [-0.3, -0.25) is 14.5 Å². The van der Waals surface area contributed by atoms with E-state index in [-0.39, 0.29) is 18.2 Å². The number of amides is 2. The number of nitrogens with one attached hydrogen (secondary N) is 2. The van der Waals surface area contributed by atoms with Crippen LogP contribution in [0.1, 0.15) is 32.3 Å². The van der Waals surface area contributed by atoms with Crippen LogP contribution in [-0.2, 0) is 16.1 Å². The van der Waals surface area contributed by atoms with E-state index in [4.69, 9.17) is 4.74 Å². The molecule has 1 aromatic carbocycles. The molecule has 2 amide bonds. The Bertz CT molecular complexity index is 562. The zero-order valence-electron chi connectivity index (χ0n) is 14.5. The lowest BCUT2D eigenvalue weighted by molar-refractivity contribution is -0.134. The summed E-state index contributed by atoms with van der Waals surface area (Å²) in [4.78, 5) is 26.3. The van der Waals surface area contributed by atoms with Crippen LogP contribution in [0, 0.1) is 0 Å². The van der Waals surface area contributed by atoms with E-state index in [1.807, 2.05) is 38.1 Å². The van der Waals surface area contributed by atoms with Crippen molar-refractivity contribution in [3.63, 3.8) is 0 Å². The molecule has 24 heavy (non-hydrogen) atoms. The molecule has 0 bridgehead atoms. The molecule has 0 saturated carbocycles. The van der Waals surface area contributed by atoms with Gasteiger partial charge in [0.05, 0.1) is 19.1 Å². The van der Waals surface area contributed by atoms with Gasteiger partial charge in [-0.05, 0) is 19.4 Å². The van der Waals surface area contributed by atoms with Crippen molar-refractivity contribution in [1.29, 1.82) is 0 Å². The van der Waals surface area contributed by atoms with Crippen LogP contribution < -0.4 is 15.4 Å². The number of para-hydroxylation sites is 1. The van der Waals surface area contributed by atoms with Crippen molar-refractivity contribution < 1.29 is 14.3 Å². The zero-order chi connectivity index (χ0) is 17.4. The topological polar surface area (TPSA) is 70.7 Å². The number of carbonyl (C=O) groups is 2. The Hall–Kier alpha value is -2.08. The minimum absolute atomic E-state index is 0.0815. The Balaban J connectivity index is 2.08. The molecule has 1 fully saturated rings. The Labute approximate surface area is 143 Å². The van der Waals surface area contributed by atoms with Gasteiger partial charge in [-0.1, -0.05) is 25.1 Å². The normalized spacial score (nSPS) is 18.1. The van der Waals surface area contributed by atoms with Crippen LogP contribution in [-0.4, -0.2) is 49.0 Å². The van der Waals surface area contributed by atoms with Crippen LogP contribution in [0.3, 0.4) is 0 Å². The summed E-state index contributed by atoms with van der Waals surface area (Å²) in [5.74, 6) is 0.670. The zero-order valence-corrected chi connectivity index (χ0v) is 14.5. The molecule has 6 heteroatoms. The summed E-state index contributed by atoms with van der Waals surface area (Å²) in [5.41, 5.74) is 1.04. The number of nitrogens with zero attached hydrogens (tertiary/aromatic N) is 1. The van der Waals surface area contributed by atoms with Gasteiger partial charge in [-0.15, -0.1) is 0 Å². The highest BCUT2D eigenvalue weighted by Crippen LogP contribution is 2.22. The number of hydrogen-bond donors (Lipinski definition) is 2. The van der Waals surface area contributed by atoms with Gasteiger partial charge in [-0.2, -0.15) is 0 Å². The van der Waals surface area contributed by atoms with E-state index >= 15 is 0 Å². The lowest BCUT2D eigenvalue weighted by atomic mass is 10.1. The molecule has 0 aromatic heterocycles. The van der Waals surface area contributed by atoms with Gasteiger partial charge in [-0.25, -0.2) is 0 Å². The molecule has 2 N–H and O–H groups in total. The molecule has 0 radical (unpaired) electrons. The number of hydrogen-bond acceptors (Lipinski definition) is 4. The fourth-order valence-corrected chi connectivity index (χ4v) is 2.83. The number of rotatable bonds is 8. The second-order valence-electron chi connectivity index (χ2n) is 5.87. The summed E-state index contributed by atoms with van der Waals surface area (Å²) in [6.07, 6.45) is 1.07. The van der Waals surface area contributed by atoms with Crippen molar-refractivity contribution in [3.8, 4) is 5.75 Å². The third-order valence-electron chi connectivity index (χ3n) is 4.04. The van der Waals surface area contributed by atoms with E-state index in [1.165, 1.54) is 0 Å². The standard InChI is InChI=1S/C18H27N3O3/c1-3-9-19-17(22)12-15-18(23)20-10-11-21(15)13-14-7-5-6-8-16(14)24-4-2/h5-8,15H,3-4,9-13H2,1-2H3,(H,19,22)(H,20,23)/t15-/m0/s1. The van der Waals surface area contributed by atoms with Crippen molar-refractivity contribution in [1.82, 2.24) is 15.5 Å². The third-order valence-corrected chi connectivity index (χ3v) is 4.04. The summed E-state index contributed by atoms with van der Waals surface area (Å²) >= 11 is 0. The molecule has 2 rings (SSSR count). The lowest BCUT2D eigenvalue weighted by Crippen LogP contribution is -2.56. The summed E-state index contributed by atoms with van der Waals surface area (Å²) in [6, 6.07) is 7.40. The predicted octanol–water partition coefficient (Wildman–Crippen LogP) is 1.30. The molecule has 0 aliphatic carbocycles. The third kappa shape index (κ3) is 4.96.